The molecule has 25 heavy (non-hydrogen) atoms. The molecule has 134 valence electrons. The summed E-state index contributed by atoms with van der Waals surface area (Å²) in [5.74, 6) is -0.224. The Morgan fingerprint density at radius 3 is 2.36 bits per heavy atom. The number of nitrogens with zero attached hydrogens (tertiary/aromatic N) is 3. The van der Waals surface area contributed by atoms with E-state index in [0.29, 0.717) is 37.3 Å². The van der Waals surface area contributed by atoms with Crippen LogP contribution in [0.1, 0.15) is 36.7 Å². The van der Waals surface area contributed by atoms with E-state index < -0.39 is 5.60 Å². The van der Waals surface area contributed by atoms with Gasteiger partial charge in [0, 0.05) is 38.8 Å². The van der Waals surface area contributed by atoms with Crippen molar-refractivity contribution in [3.05, 3.63) is 29.3 Å². The average Bonchev–Trinajstić information content (AvgIpc) is 2.59. The normalized spacial score (nSPS) is 14.7. The zero-order valence-corrected chi connectivity index (χ0v) is 15.1. The Morgan fingerprint density at radius 2 is 1.84 bits per heavy atom. The van der Waals surface area contributed by atoms with E-state index >= 15 is 0 Å². The molecule has 0 bridgehead atoms. The molecule has 1 aromatic carbocycles. The van der Waals surface area contributed by atoms with Gasteiger partial charge in [0.25, 0.3) is 5.91 Å². The third-order valence-electron chi connectivity index (χ3n) is 3.88. The lowest BCUT2D eigenvalue weighted by atomic mass is 10.1. The first-order valence-electron chi connectivity index (χ1n) is 8.24. The fourth-order valence-corrected chi connectivity index (χ4v) is 2.64. The lowest BCUT2D eigenvalue weighted by Crippen LogP contribution is -2.50. The molecule has 0 aliphatic carbocycles. The lowest BCUT2D eigenvalue weighted by Gasteiger charge is -2.37. The molecule has 0 atom stereocenters. The van der Waals surface area contributed by atoms with Crippen molar-refractivity contribution in [2.75, 3.05) is 38.1 Å². The second kappa shape index (κ2) is 7.43. The van der Waals surface area contributed by atoms with Gasteiger partial charge < -0.3 is 19.9 Å². The van der Waals surface area contributed by atoms with Crippen molar-refractivity contribution in [1.82, 2.24) is 10.2 Å². The maximum absolute atomic E-state index is 12.1. The van der Waals surface area contributed by atoms with Crippen molar-refractivity contribution >= 4 is 17.7 Å². The lowest BCUT2D eigenvalue weighted by molar-refractivity contribution is 0.0240. The molecule has 0 saturated carbocycles. The summed E-state index contributed by atoms with van der Waals surface area (Å²) in [5, 5.41) is 12.0. The monoisotopic (exact) mass is 344 g/mol. The SMILES string of the molecule is CNC(=O)c1ccc(N2CCN(C(=O)OC(C)(C)C)CC2)c(C#N)c1. The Morgan fingerprint density at radius 1 is 1.20 bits per heavy atom. The molecule has 0 aromatic heterocycles. The van der Waals surface area contributed by atoms with Crippen molar-refractivity contribution in [3.8, 4) is 6.07 Å². The second-order valence-corrected chi connectivity index (χ2v) is 6.88. The van der Waals surface area contributed by atoms with Crippen molar-refractivity contribution < 1.29 is 14.3 Å². The summed E-state index contributed by atoms with van der Waals surface area (Å²) < 4.78 is 5.39. The number of piperazine rings is 1. The highest BCUT2D eigenvalue weighted by Gasteiger charge is 2.26. The smallest absolute Gasteiger partial charge is 0.410 e. The van der Waals surface area contributed by atoms with Crippen LogP contribution in [0, 0.1) is 11.3 Å². The minimum atomic E-state index is -0.516. The summed E-state index contributed by atoms with van der Waals surface area (Å²) in [6.45, 7) is 7.78. The number of carbonyl (C=O) groups excluding carboxylic acids is 2. The molecule has 1 aromatic rings. The average molecular weight is 344 g/mol. The molecular formula is C18H24N4O3. The van der Waals surface area contributed by atoms with Gasteiger partial charge in [-0.15, -0.1) is 0 Å². The number of amides is 2. The van der Waals surface area contributed by atoms with E-state index in [-0.39, 0.29) is 12.0 Å². The molecule has 1 N–H and O–H groups in total. The Labute approximate surface area is 148 Å². The van der Waals surface area contributed by atoms with Crippen LogP contribution < -0.4 is 10.2 Å². The number of nitrogens with one attached hydrogen (secondary N) is 1. The van der Waals surface area contributed by atoms with Crippen LogP contribution in [0.3, 0.4) is 0 Å². The summed E-state index contributed by atoms with van der Waals surface area (Å²) in [5.41, 5.74) is 1.17. The molecule has 1 aliphatic rings. The summed E-state index contributed by atoms with van der Waals surface area (Å²) in [7, 11) is 1.55. The number of ether oxygens (including phenoxy) is 1. The van der Waals surface area contributed by atoms with Crippen LogP contribution in [0.4, 0.5) is 10.5 Å². The fraction of sp³-hybridized carbons (Fsp3) is 0.500. The summed E-state index contributed by atoms with van der Waals surface area (Å²) >= 11 is 0. The van der Waals surface area contributed by atoms with Gasteiger partial charge in [-0.25, -0.2) is 4.79 Å². The summed E-state index contributed by atoms with van der Waals surface area (Å²) in [4.78, 5) is 27.6. The second-order valence-electron chi connectivity index (χ2n) is 6.88. The third-order valence-corrected chi connectivity index (χ3v) is 3.88. The highest BCUT2D eigenvalue weighted by Crippen LogP contribution is 2.23. The van der Waals surface area contributed by atoms with Crippen LogP contribution in [-0.4, -0.2) is 55.7 Å². The predicted molar refractivity (Wildman–Crippen MR) is 94.6 cm³/mol. The van der Waals surface area contributed by atoms with Crippen LogP contribution in [0.2, 0.25) is 0 Å². The van der Waals surface area contributed by atoms with Crippen molar-refractivity contribution in [1.29, 1.82) is 5.26 Å². The quantitative estimate of drug-likeness (QED) is 0.886. The van der Waals surface area contributed by atoms with Gasteiger partial charge in [-0.3, -0.25) is 4.79 Å². The molecule has 2 rings (SSSR count). The highest BCUT2D eigenvalue weighted by atomic mass is 16.6. The van der Waals surface area contributed by atoms with Gasteiger partial charge in [0.05, 0.1) is 11.3 Å². The first kappa shape index (κ1) is 18.6. The van der Waals surface area contributed by atoms with E-state index in [4.69, 9.17) is 4.74 Å². The summed E-state index contributed by atoms with van der Waals surface area (Å²) in [6.07, 6.45) is -0.317. The molecule has 0 radical (unpaired) electrons. The minimum Gasteiger partial charge on any atom is -0.444 e. The largest absolute Gasteiger partial charge is 0.444 e. The van der Waals surface area contributed by atoms with E-state index in [0.717, 1.165) is 5.69 Å². The fourth-order valence-electron chi connectivity index (χ4n) is 2.64. The number of anilines is 1. The van der Waals surface area contributed by atoms with Crippen LogP contribution in [-0.2, 0) is 4.74 Å². The number of carbonyl (C=O) groups is 2. The minimum absolute atomic E-state index is 0.224. The van der Waals surface area contributed by atoms with E-state index in [1.807, 2.05) is 25.7 Å². The van der Waals surface area contributed by atoms with Gasteiger partial charge >= 0.3 is 6.09 Å². The number of nitriles is 1. The van der Waals surface area contributed by atoms with Crippen LogP contribution in [0.5, 0.6) is 0 Å². The zero-order valence-electron chi connectivity index (χ0n) is 15.1. The van der Waals surface area contributed by atoms with Gasteiger partial charge in [-0.05, 0) is 39.0 Å². The van der Waals surface area contributed by atoms with E-state index in [1.54, 1.807) is 30.1 Å². The van der Waals surface area contributed by atoms with Crippen molar-refractivity contribution in [2.45, 2.75) is 26.4 Å². The maximum atomic E-state index is 12.1. The molecule has 1 fully saturated rings. The third kappa shape index (κ3) is 4.63. The molecule has 7 nitrogen and oxygen atoms in total. The number of hydrogen-bond donors (Lipinski definition) is 1. The standard InChI is InChI=1S/C18H24N4O3/c1-18(2,3)25-17(24)22-9-7-21(8-10-22)15-6-5-13(16(23)20-4)11-14(15)12-19/h5-6,11H,7-10H2,1-4H3,(H,20,23). The highest BCUT2D eigenvalue weighted by molar-refractivity contribution is 5.95. The Balaban J connectivity index is 2.07. The van der Waals surface area contributed by atoms with Crippen LogP contribution in [0.15, 0.2) is 18.2 Å². The molecule has 1 heterocycles. The Kier molecular flexibility index (Phi) is 5.52. The molecule has 2 amide bonds. The van der Waals surface area contributed by atoms with Crippen LogP contribution >= 0.6 is 0 Å². The van der Waals surface area contributed by atoms with E-state index in [1.165, 1.54) is 0 Å². The van der Waals surface area contributed by atoms with Gasteiger partial charge in [0.1, 0.15) is 11.7 Å². The predicted octanol–water partition coefficient (Wildman–Crippen LogP) is 1.97. The molecule has 1 saturated heterocycles. The van der Waals surface area contributed by atoms with Crippen molar-refractivity contribution in [2.24, 2.45) is 0 Å². The summed E-state index contributed by atoms with van der Waals surface area (Å²) in [6, 6.07) is 7.23. The van der Waals surface area contributed by atoms with Crippen molar-refractivity contribution in [3.63, 3.8) is 0 Å². The molecule has 0 unspecified atom stereocenters. The van der Waals surface area contributed by atoms with Gasteiger partial charge in [0.15, 0.2) is 0 Å². The van der Waals surface area contributed by atoms with Gasteiger partial charge in [0.2, 0.25) is 0 Å². The van der Waals surface area contributed by atoms with Crippen LogP contribution in [0.25, 0.3) is 0 Å². The zero-order chi connectivity index (χ0) is 18.6. The number of rotatable bonds is 2. The van der Waals surface area contributed by atoms with E-state index in [2.05, 4.69) is 11.4 Å². The maximum Gasteiger partial charge on any atom is 0.410 e. The van der Waals surface area contributed by atoms with Gasteiger partial charge in [-0.1, -0.05) is 0 Å². The van der Waals surface area contributed by atoms with E-state index in [9.17, 15) is 14.9 Å². The molecule has 7 heteroatoms. The Bertz CT molecular complexity index is 695. The first-order chi connectivity index (χ1) is 11.7. The number of benzene rings is 1. The Hall–Kier alpha value is -2.75. The first-order valence-corrected chi connectivity index (χ1v) is 8.24. The topological polar surface area (TPSA) is 85.7 Å². The molecular weight excluding hydrogens is 320 g/mol. The molecule has 1 aliphatic heterocycles. The number of hydrogen-bond acceptors (Lipinski definition) is 5. The molecule has 0 spiro atoms. The van der Waals surface area contributed by atoms with Gasteiger partial charge in [-0.2, -0.15) is 5.26 Å².